The number of fused-ring (bicyclic) bond motifs is 1. The molecule has 3 N–H and O–H groups in total. The zero-order valence-corrected chi connectivity index (χ0v) is 17.3. The van der Waals surface area contributed by atoms with Crippen molar-refractivity contribution in [2.75, 3.05) is 31.5 Å². The number of aromatic hydroxyl groups is 1. The van der Waals surface area contributed by atoms with Crippen molar-refractivity contribution in [3.63, 3.8) is 0 Å². The van der Waals surface area contributed by atoms with Crippen LogP contribution >= 0.6 is 0 Å². The fraction of sp³-hybridized carbons (Fsp3) is 0.348. The molecule has 5 nitrogen and oxygen atoms in total. The van der Waals surface area contributed by atoms with Gasteiger partial charge >= 0.3 is 0 Å². The van der Waals surface area contributed by atoms with Gasteiger partial charge in [-0.2, -0.15) is 0 Å². The van der Waals surface area contributed by atoms with Crippen LogP contribution in [0, 0.1) is 12.7 Å². The molecule has 0 saturated heterocycles. The van der Waals surface area contributed by atoms with Gasteiger partial charge < -0.3 is 20.3 Å². The number of rotatable bonds is 9. The summed E-state index contributed by atoms with van der Waals surface area (Å²) in [6.07, 6.45) is 2.71. The van der Waals surface area contributed by atoms with Crippen molar-refractivity contribution < 1.29 is 9.50 Å². The van der Waals surface area contributed by atoms with E-state index >= 15 is 0 Å². The van der Waals surface area contributed by atoms with Gasteiger partial charge in [-0.05, 0) is 74.9 Å². The van der Waals surface area contributed by atoms with Crippen molar-refractivity contribution in [3.05, 3.63) is 53.3 Å². The highest BCUT2D eigenvalue weighted by Crippen LogP contribution is 2.27. The minimum atomic E-state index is -0.349. The van der Waals surface area contributed by atoms with Crippen molar-refractivity contribution in [2.45, 2.75) is 27.2 Å². The van der Waals surface area contributed by atoms with Crippen LogP contribution in [0.1, 0.15) is 31.4 Å². The Bertz CT molecular complexity index is 992. The third-order valence-corrected chi connectivity index (χ3v) is 5.19. The van der Waals surface area contributed by atoms with Crippen molar-refractivity contribution in [1.82, 2.24) is 9.88 Å². The Morgan fingerprint density at radius 1 is 1.17 bits per heavy atom. The molecular weight excluding hydrogens is 367 g/mol. The predicted octanol–water partition coefficient (Wildman–Crippen LogP) is 5.22. The van der Waals surface area contributed by atoms with E-state index in [0.717, 1.165) is 54.9 Å². The smallest absolute Gasteiger partial charge is 0.198 e. The molecule has 0 atom stereocenters. The number of halogens is 1. The monoisotopic (exact) mass is 396 g/mol. The van der Waals surface area contributed by atoms with Gasteiger partial charge in [0.2, 0.25) is 0 Å². The Hall–Kier alpha value is -2.86. The number of aromatic amines is 1. The number of nitrogens with one attached hydrogen (secondary N) is 2. The van der Waals surface area contributed by atoms with Crippen molar-refractivity contribution in [2.24, 2.45) is 4.99 Å². The van der Waals surface area contributed by atoms with Gasteiger partial charge in [-0.25, -0.2) is 4.39 Å². The highest BCUT2D eigenvalue weighted by Gasteiger charge is 2.09. The number of hydrogen-bond donors (Lipinski definition) is 3. The summed E-state index contributed by atoms with van der Waals surface area (Å²) in [6.45, 7) is 10.6. The maximum Gasteiger partial charge on any atom is 0.198 e. The maximum absolute atomic E-state index is 13.4. The SMILES string of the molecule is CCN(CC)CCCNc1ccc(N=Cc2c(O)[nH]c3cc(F)ccc23)cc1C. The van der Waals surface area contributed by atoms with Gasteiger partial charge in [0.05, 0.1) is 16.8 Å². The fourth-order valence-corrected chi connectivity index (χ4v) is 3.44. The van der Waals surface area contributed by atoms with E-state index in [0.29, 0.717) is 11.1 Å². The summed E-state index contributed by atoms with van der Waals surface area (Å²) in [5.74, 6) is -0.365. The minimum Gasteiger partial charge on any atom is -0.494 e. The highest BCUT2D eigenvalue weighted by molar-refractivity contribution is 6.02. The van der Waals surface area contributed by atoms with E-state index in [1.54, 1.807) is 12.3 Å². The topological polar surface area (TPSA) is 63.6 Å². The van der Waals surface area contributed by atoms with Crippen LogP contribution < -0.4 is 5.32 Å². The van der Waals surface area contributed by atoms with Gasteiger partial charge in [0, 0.05) is 23.8 Å². The number of aryl methyl sites for hydroxylation is 1. The normalized spacial score (nSPS) is 11.8. The van der Waals surface area contributed by atoms with Gasteiger partial charge in [-0.15, -0.1) is 0 Å². The molecule has 2 aromatic carbocycles. The van der Waals surface area contributed by atoms with Crippen molar-refractivity contribution >= 4 is 28.5 Å². The van der Waals surface area contributed by atoms with Gasteiger partial charge in [-0.3, -0.25) is 4.99 Å². The molecule has 6 heteroatoms. The van der Waals surface area contributed by atoms with Crippen molar-refractivity contribution in [1.29, 1.82) is 0 Å². The van der Waals surface area contributed by atoms with Crippen LogP contribution in [0.5, 0.6) is 5.88 Å². The van der Waals surface area contributed by atoms with Crippen LogP contribution in [0.15, 0.2) is 41.4 Å². The fourth-order valence-electron chi connectivity index (χ4n) is 3.44. The average Bonchev–Trinajstić information content (AvgIpc) is 3.01. The third-order valence-electron chi connectivity index (χ3n) is 5.19. The summed E-state index contributed by atoms with van der Waals surface area (Å²) < 4.78 is 13.4. The van der Waals surface area contributed by atoms with Crippen molar-refractivity contribution in [3.8, 4) is 5.88 Å². The molecule has 1 aromatic heterocycles. The first-order chi connectivity index (χ1) is 14.0. The van der Waals surface area contributed by atoms with Crippen LogP contribution in [0.2, 0.25) is 0 Å². The molecule has 29 heavy (non-hydrogen) atoms. The molecule has 0 aliphatic heterocycles. The second kappa shape index (κ2) is 9.56. The number of benzene rings is 2. The zero-order valence-electron chi connectivity index (χ0n) is 17.3. The van der Waals surface area contributed by atoms with Gasteiger partial charge in [0.25, 0.3) is 0 Å². The lowest BCUT2D eigenvalue weighted by Crippen LogP contribution is -2.25. The van der Waals surface area contributed by atoms with Gasteiger partial charge in [-0.1, -0.05) is 13.8 Å². The Morgan fingerprint density at radius 3 is 2.69 bits per heavy atom. The number of anilines is 1. The molecule has 3 rings (SSSR count). The molecule has 0 bridgehead atoms. The summed E-state index contributed by atoms with van der Waals surface area (Å²) >= 11 is 0. The highest BCUT2D eigenvalue weighted by atomic mass is 19.1. The number of hydrogen-bond acceptors (Lipinski definition) is 4. The Morgan fingerprint density at radius 2 is 1.97 bits per heavy atom. The standard InChI is InChI=1S/C23H29FN4O/c1-4-28(5-2)12-6-11-25-21-10-8-18(13-16(21)3)26-15-20-19-9-7-17(24)14-22(19)27-23(20)29/h7-10,13-15,25,27,29H,4-6,11-12H2,1-3H3. The van der Waals surface area contributed by atoms with Crippen LogP contribution in [0.3, 0.4) is 0 Å². The molecule has 0 aliphatic carbocycles. The van der Waals surface area contributed by atoms with E-state index in [4.69, 9.17) is 0 Å². The second-order valence-electron chi connectivity index (χ2n) is 7.14. The van der Waals surface area contributed by atoms with Crippen LogP contribution in [-0.4, -0.2) is 47.4 Å². The summed E-state index contributed by atoms with van der Waals surface area (Å²) in [4.78, 5) is 9.69. The number of H-pyrrole nitrogens is 1. The number of aromatic nitrogens is 1. The first-order valence-corrected chi connectivity index (χ1v) is 10.1. The summed E-state index contributed by atoms with van der Waals surface area (Å²) in [5, 5.41) is 14.3. The van der Waals surface area contributed by atoms with Gasteiger partial charge in [0.15, 0.2) is 5.88 Å². The van der Waals surface area contributed by atoms with E-state index in [1.165, 1.54) is 12.1 Å². The summed E-state index contributed by atoms with van der Waals surface area (Å²) in [6, 6.07) is 10.4. The minimum absolute atomic E-state index is 0.0161. The van der Waals surface area contributed by atoms with E-state index in [2.05, 4.69) is 41.0 Å². The number of aliphatic imine (C=N–C) groups is 1. The quantitative estimate of drug-likeness (QED) is 0.343. The molecule has 0 aliphatic rings. The first kappa shape index (κ1) is 20.9. The number of nitrogens with zero attached hydrogens (tertiary/aromatic N) is 2. The largest absolute Gasteiger partial charge is 0.494 e. The predicted molar refractivity (Wildman–Crippen MR) is 119 cm³/mol. The Kier molecular flexibility index (Phi) is 6.88. The van der Waals surface area contributed by atoms with Crippen LogP contribution in [0.4, 0.5) is 15.8 Å². The van der Waals surface area contributed by atoms with Crippen LogP contribution in [-0.2, 0) is 0 Å². The molecule has 154 valence electrons. The van der Waals surface area contributed by atoms with Gasteiger partial charge in [0.1, 0.15) is 5.82 Å². The zero-order chi connectivity index (χ0) is 20.8. The van der Waals surface area contributed by atoms with E-state index < -0.39 is 0 Å². The lowest BCUT2D eigenvalue weighted by Gasteiger charge is -2.18. The second-order valence-corrected chi connectivity index (χ2v) is 7.14. The molecular formula is C23H29FN4O. The maximum atomic E-state index is 13.4. The average molecular weight is 397 g/mol. The molecule has 0 radical (unpaired) electrons. The lowest BCUT2D eigenvalue weighted by molar-refractivity contribution is 0.303. The van der Waals surface area contributed by atoms with E-state index in [1.807, 2.05) is 18.2 Å². The Labute approximate surface area is 171 Å². The van der Waals surface area contributed by atoms with E-state index in [-0.39, 0.29) is 11.7 Å². The molecule has 3 aromatic rings. The summed E-state index contributed by atoms with van der Waals surface area (Å²) in [5.41, 5.74) is 4.12. The molecule has 0 unspecified atom stereocenters. The first-order valence-electron chi connectivity index (χ1n) is 10.1. The lowest BCUT2D eigenvalue weighted by atomic mass is 10.1. The third kappa shape index (κ3) is 5.15. The molecule has 0 saturated carbocycles. The molecule has 0 spiro atoms. The molecule has 1 heterocycles. The van der Waals surface area contributed by atoms with Crippen LogP contribution in [0.25, 0.3) is 10.9 Å². The molecule has 0 fully saturated rings. The summed E-state index contributed by atoms with van der Waals surface area (Å²) in [7, 11) is 0. The van der Waals surface area contributed by atoms with E-state index in [9.17, 15) is 9.50 Å². The Balaban J connectivity index is 1.65. The molecule has 0 amide bonds.